The molecule has 17 heavy (non-hydrogen) atoms. The van der Waals surface area contributed by atoms with Crippen LogP contribution < -0.4 is 5.32 Å². The van der Waals surface area contributed by atoms with Gasteiger partial charge in [-0.15, -0.1) is 0 Å². The number of likely N-dealkylation sites (N-methyl/N-ethyl adjacent to an activating group) is 1. The van der Waals surface area contributed by atoms with E-state index in [0.717, 1.165) is 18.6 Å². The van der Waals surface area contributed by atoms with E-state index in [2.05, 4.69) is 31.1 Å². The molecule has 0 saturated heterocycles. The van der Waals surface area contributed by atoms with Crippen LogP contribution in [0.2, 0.25) is 0 Å². The average Bonchev–Trinajstić information content (AvgIpc) is 2.74. The van der Waals surface area contributed by atoms with Gasteiger partial charge in [0.1, 0.15) is 0 Å². The quantitative estimate of drug-likeness (QED) is 0.705. The summed E-state index contributed by atoms with van der Waals surface area (Å²) in [6.07, 6.45) is 5.36. The molecule has 3 atom stereocenters. The second-order valence-corrected chi connectivity index (χ2v) is 5.50. The van der Waals surface area contributed by atoms with Crippen molar-refractivity contribution >= 4 is 0 Å². The van der Waals surface area contributed by atoms with E-state index in [9.17, 15) is 0 Å². The lowest BCUT2D eigenvalue weighted by atomic mass is 10.0. The molecule has 1 fully saturated rings. The normalized spacial score (nSPS) is 26.6. The summed E-state index contributed by atoms with van der Waals surface area (Å²) in [6, 6.07) is 1.26. The monoisotopic (exact) mass is 242 g/mol. The van der Waals surface area contributed by atoms with Crippen LogP contribution in [0.3, 0.4) is 0 Å². The maximum absolute atomic E-state index is 5.22. The maximum atomic E-state index is 5.22. The van der Waals surface area contributed by atoms with Crippen LogP contribution in [0, 0.1) is 5.92 Å². The number of methoxy groups -OCH3 is 1. The number of nitrogens with one attached hydrogen (secondary N) is 1. The van der Waals surface area contributed by atoms with Crippen molar-refractivity contribution in [2.75, 3.05) is 33.9 Å². The summed E-state index contributed by atoms with van der Waals surface area (Å²) >= 11 is 0. The fourth-order valence-electron chi connectivity index (χ4n) is 2.77. The molecule has 3 heteroatoms. The lowest BCUT2D eigenvalue weighted by molar-refractivity contribution is 0.103. The van der Waals surface area contributed by atoms with Gasteiger partial charge in [0.2, 0.25) is 0 Å². The highest BCUT2D eigenvalue weighted by Gasteiger charge is 2.28. The van der Waals surface area contributed by atoms with E-state index in [1.54, 1.807) is 7.11 Å². The van der Waals surface area contributed by atoms with Crippen LogP contribution in [0.5, 0.6) is 0 Å². The van der Waals surface area contributed by atoms with Gasteiger partial charge in [0.25, 0.3) is 0 Å². The van der Waals surface area contributed by atoms with Crippen LogP contribution in [0.25, 0.3) is 0 Å². The van der Waals surface area contributed by atoms with Gasteiger partial charge in [-0.3, -0.25) is 0 Å². The zero-order valence-corrected chi connectivity index (χ0v) is 12.0. The van der Waals surface area contributed by atoms with Crippen molar-refractivity contribution in [2.24, 2.45) is 5.92 Å². The molecule has 0 aliphatic heterocycles. The van der Waals surface area contributed by atoms with E-state index in [-0.39, 0.29) is 0 Å². The number of hydrogen-bond acceptors (Lipinski definition) is 3. The van der Waals surface area contributed by atoms with E-state index in [1.165, 1.54) is 38.8 Å². The summed E-state index contributed by atoms with van der Waals surface area (Å²) in [6.45, 7) is 7.68. The third-order valence-electron chi connectivity index (χ3n) is 4.00. The molecule has 3 nitrogen and oxygen atoms in total. The van der Waals surface area contributed by atoms with Crippen LogP contribution in [-0.4, -0.2) is 50.8 Å². The van der Waals surface area contributed by atoms with Gasteiger partial charge in [0.05, 0.1) is 6.61 Å². The molecular formula is C14H30N2O. The van der Waals surface area contributed by atoms with Crippen LogP contribution in [0.4, 0.5) is 0 Å². The van der Waals surface area contributed by atoms with Crippen molar-refractivity contribution in [3.05, 3.63) is 0 Å². The Labute approximate surface area is 107 Å². The van der Waals surface area contributed by atoms with Crippen molar-refractivity contribution in [2.45, 2.75) is 51.6 Å². The Balaban J connectivity index is 2.33. The lowest BCUT2D eigenvalue weighted by Gasteiger charge is -2.30. The van der Waals surface area contributed by atoms with Gasteiger partial charge in [-0.05, 0) is 45.7 Å². The molecule has 3 unspecified atom stereocenters. The number of rotatable bonds is 8. The molecule has 0 spiro atoms. The zero-order chi connectivity index (χ0) is 12.7. The minimum absolute atomic E-state index is 0.521. The van der Waals surface area contributed by atoms with Crippen molar-refractivity contribution in [3.63, 3.8) is 0 Å². The van der Waals surface area contributed by atoms with Gasteiger partial charge in [-0.2, -0.15) is 0 Å². The minimum Gasteiger partial charge on any atom is -0.383 e. The van der Waals surface area contributed by atoms with Gasteiger partial charge >= 0.3 is 0 Å². The minimum atomic E-state index is 0.521. The Kier molecular flexibility index (Phi) is 7.09. The van der Waals surface area contributed by atoms with E-state index in [4.69, 9.17) is 4.74 Å². The highest BCUT2D eigenvalue weighted by Crippen LogP contribution is 2.26. The largest absolute Gasteiger partial charge is 0.383 e. The maximum Gasteiger partial charge on any atom is 0.0615 e. The zero-order valence-electron chi connectivity index (χ0n) is 12.0. The molecule has 102 valence electrons. The van der Waals surface area contributed by atoms with Gasteiger partial charge < -0.3 is 15.0 Å². The Morgan fingerprint density at radius 1 is 1.41 bits per heavy atom. The molecule has 1 rings (SSSR count). The van der Waals surface area contributed by atoms with E-state index in [0.29, 0.717) is 6.04 Å². The van der Waals surface area contributed by atoms with E-state index >= 15 is 0 Å². The highest BCUT2D eigenvalue weighted by atomic mass is 16.5. The molecule has 1 aliphatic rings. The summed E-state index contributed by atoms with van der Waals surface area (Å²) in [5, 5.41) is 3.70. The second-order valence-electron chi connectivity index (χ2n) is 5.50. The Bertz CT molecular complexity index is 199. The molecule has 0 aromatic heterocycles. The summed E-state index contributed by atoms with van der Waals surface area (Å²) in [5.41, 5.74) is 0. The number of hydrogen-bond donors (Lipinski definition) is 1. The Morgan fingerprint density at radius 3 is 2.82 bits per heavy atom. The summed E-state index contributed by atoms with van der Waals surface area (Å²) < 4.78 is 5.22. The van der Waals surface area contributed by atoms with Crippen LogP contribution in [0.15, 0.2) is 0 Å². The summed E-state index contributed by atoms with van der Waals surface area (Å²) in [5.74, 6) is 0.825. The van der Waals surface area contributed by atoms with Crippen LogP contribution >= 0.6 is 0 Å². The fraction of sp³-hybridized carbons (Fsp3) is 1.00. The first-order chi connectivity index (χ1) is 8.19. The topological polar surface area (TPSA) is 24.5 Å². The molecule has 0 bridgehead atoms. The molecule has 0 aromatic rings. The van der Waals surface area contributed by atoms with Crippen molar-refractivity contribution in [3.8, 4) is 0 Å². The first kappa shape index (κ1) is 14.9. The molecule has 0 radical (unpaired) electrons. The predicted octanol–water partition coefficient (Wildman–Crippen LogP) is 2.12. The second kappa shape index (κ2) is 8.06. The molecule has 1 aliphatic carbocycles. The van der Waals surface area contributed by atoms with E-state index in [1.807, 2.05) is 0 Å². The predicted molar refractivity (Wildman–Crippen MR) is 73.4 cm³/mol. The smallest absolute Gasteiger partial charge is 0.0615 e. The summed E-state index contributed by atoms with van der Waals surface area (Å²) in [7, 11) is 4.00. The van der Waals surface area contributed by atoms with Crippen molar-refractivity contribution in [1.29, 1.82) is 0 Å². The van der Waals surface area contributed by atoms with Gasteiger partial charge in [-0.1, -0.05) is 13.3 Å². The third kappa shape index (κ3) is 4.94. The molecule has 0 heterocycles. The van der Waals surface area contributed by atoms with Gasteiger partial charge in [-0.25, -0.2) is 0 Å². The van der Waals surface area contributed by atoms with Crippen molar-refractivity contribution in [1.82, 2.24) is 10.2 Å². The Morgan fingerprint density at radius 2 is 2.18 bits per heavy atom. The fourth-order valence-corrected chi connectivity index (χ4v) is 2.77. The lowest BCUT2D eigenvalue weighted by Crippen LogP contribution is -2.42. The molecular weight excluding hydrogens is 212 g/mol. The first-order valence-corrected chi connectivity index (χ1v) is 7.11. The average molecular weight is 242 g/mol. The molecule has 0 amide bonds. The number of ether oxygens (including phenoxy) is 1. The third-order valence-corrected chi connectivity index (χ3v) is 4.00. The standard InChI is InChI=1S/C14H30N2O/c1-5-9-15-14-8-6-7-13(14)10-16(3)12(2)11-17-4/h12-15H,5-11H2,1-4H3. The number of nitrogens with zero attached hydrogens (tertiary/aromatic N) is 1. The van der Waals surface area contributed by atoms with Crippen molar-refractivity contribution < 1.29 is 4.74 Å². The molecule has 1 N–H and O–H groups in total. The molecule has 1 saturated carbocycles. The SMILES string of the molecule is CCCNC1CCCC1CN(C)C(C)COC. The first-order valence-electron chi connectivity index (χ1n) is 7.11. The van der Waals surface area contributed by atoms with Crippen LogP contribution in [0.1, 0.15) is 39.5 Å². The molecule has 0 aromatic carbocycles. The van der Waals surface area contributed by atoms with Crippen LogP contribution in [-0.2, 0) is 4.74 Å². The Hall–Kier alpha value is -0.120. The van der Waals surface area contributed by atoms with E-state index < -0.39 is 0 Å². The highest BCUT2D eigenvalue weighted by molar-refractivity contribution is 4.85. The van der Waals surface area contributed by atoms with Gasteiger partial charge in [0, 0.05) is 25.7 Å². The van der Waals surface area contributed by atoms with Gasteiger partial charge in [0.15, 0.2) is 0 Å². The summed E-state index contributed by atoms with van der Waals surface area (Å²) in [4.78, 5) is 2.44.